The normalized spacial score (nSPS) is 9.50. The predicted octanol–water partition coefficient (Wildman–Crippen LogP) is 0.328. The fourth-order valence-electron chi connectivity index (χ4n) is 0.715. The van der Waals surface area contributed by atoms with Crippen LogP contribution in [0.1, 0.15) is 10.4 Å². The van der Waals surface area contributed by atoms with E-state index < -0.39 is 11.9 Å². The maximum absolute atomic E-state index is 12.8. The van der Waals surface area contributed by atoms with Crippen molar-refractivity contribution in [2.75, 3.05) is 7.11 Å². The minimum Gasteiger partial charge on any atom is -0.481 e. The van der Waals surface area contributed by atoms with Crippen LogP contribution in [0.15, 0.2) is 12.1 Å². The minimum atomic E-state index is -0.915. The highest BCUT2D eigenvalue weighted by molar-refractivity contribution is 5.92. The molecule has 64 valence electrons. The highest BCUT2D eigenvalue weighted by atomic mass is 19.1. The fourth-order valence-corrected chi connectivity index (χ4v) is 0.715. The number of aromatic nitrogens is 1. The third-order valence-electron chi connectivity index (χ3n) is 1.30. The number of carbonyl (C=O) groups excluding carboxylic acids is 1. The van der Waals surface area contributed by atoms with Gasteiger partial charge in [0.15, 0.2) is 0 Å². The van der Waals surface area contributed by atoms with Crippen molar-refractivity contribution in [2.45, 2.75) is 0 Å². The van der Waals surface area contributed by atoms with Crippen LogP contribution in [0, 0.1) is 5.95 Å². The lowest BCUT2D eigenvalue weighted by Crippen LogP contribution is -2.14. The average Bonchev–Trinajstić information content (AvgIpc) is 2.03. The number of ether oxygens (including phenoxy) is 1. The molecule has 5 heteroatoms. The second-order valence-corrected chi connectivity index (χ2v) is 2.06. The number of rotatable bonds is 2. The van der Waals surface area contributed by atoms with E-state index in [1.165, 1.54) is 19.2 Å². The quantitative estimate of drug-likeness (QED) is 0.650. The first-order valence-corrected chi connectivity index (χ1v) is 3.15. The Balaban J connectivity index is 3.12. The Morgan fingerprint density at radius 3 is 2.75 bits per heavy atom. The molecule has 0 radical (unpaired) electrons. The number of pyridine rings is 1. The van der Waals surface area contributed by atoms with E-state index in [0.29, 0.717) is 0 Å². The number of nitrogens with zero attached hydrogens (tertiary/aromatic N) is 1. The van der Waals surface area contributed by atoms with Gasteiger partial charge in [-0.15, -0.1) is 0 Å². The summed E-state index contributed by atoms with van der Waals surface area (Å²) in [5.74, 6) is -1.65. The molecule has 0 aliphatic heterocycles. The van der Waals surface area contributed by atoms with Crippen LogP contribution in [0.25, 0.3) is 0 Å². The number of nitrogens with two attached hydrogens (primary N) is 1. The molecule has 1 heterocycles. The zero-order valence-electron chi connectivity index (χ0n) is 6.37. The SMILES string of the molecule is COc1ccc(C(N)=O)c(F)n1. The summed E-state index contributed by atoms with van der Waals surface area (Å²) in [6.07, 6.45) is 0. The highest BCUT2D eigenvalue weighted by Gasteiger charge is 2.09. The van der Waals surface area contributed by atoms with Crippen molar-refractivity contribution >= 4 is 5.91 Å². The minimum absolute atomic E-state index is 0.109. The maximum atomic E-state index is 12.8. The molecule has 1 aromatic heterocycles. The van der Waals surface area contributed by atoms with E-state index in [1.54, 1.807) is 0 Å². The van der Waals surface area contributed by atoms with Gasteiger partial charge in [-0.2, -0.15) is 9.37 Å². The van der Waals surface area contributed by atoms with Gasteiger partial charge in [0.25, 0.3) is 5.91 Å². The number of hydrogen-bond acceptors (Lipinski definition) is 3. The van der Waals surface area contributed by atoms with E-state index in [2.05, 4.69) is 9.72 Å². The topological polar surface area (TPSA) is 65.2 Å². The molecule has 2 N–H and O–H groups in total. The zero-order valence-corrected chi connectivity index (χ0v) is 6.37. The maximum Gasteiger partial charge on any atom is 0.253 e. The molecular weight excluding hydrogens is 163 g/mol. The number of methoxy groups -OCH3 is 1. The molecule has 0 fully saturated rings. The molecule has 12 heavy (non-hydrogen) atoms. The van der Waals surface area contributed by atoms with Crippen LogP contribution in [-0.2, 0) is 0 Å². The summed E-state index contributed by atoms with van der Waals surface area (Å²) in [6.45, 7) is 0. The van der Waals surface area contributed by atoms with Crippen molar-refractivity contribution in [1.29, 1.82) is 0 Å². The molecular formula is C7H7FN2O2. The van der Waals surface area contributed by atoms with Gasteiger partial charge in [-0.05, 0) is 6.07 Å². The second-order valence-electron chi connectivity index (χ2n) is 2.06. The van der Waals surface area contributed by atoms with E-state index >= 15 is 0 Å². The first-order valence-electron chi connectivity index (χ1n) is 3.15. The van der Waals surface area contributed by atoms with Crippen LogP contribution < -0.4 is 10.5 Å². The number of primary amides is 1. The summed E-state index contributed by atoms with van der Waals surface area (Å²) in [5, 5.41) is 0. The second kappa shape index (κ2) is 3.17. The molecule has 1 amide bonds. The molecule has 0 aromatic carbocycles. The van der Waals surface area contributed by atoms with Crippen LogP contribution in [0.2, 0.25) is 0 Å². The summed E-state index contributed by atoms with van der Waals surface area (Å²) in [4.78, 5) is 13.8. The molecule has 1 aromatic rings. The van der Waals surface area contributed by atoms with Crippen LogP contribution in [0.3, 0.4) is 0 Å². The summed E-state index contributed by atoms with van der Waals surface area (Å²) in [6, 6.07) is 2.59. The van der Waals surface area contributed by atoms with Gasteiger partial charge in [-0.3, -0.25) is 4.79 Å². The standard InChI is InChI=1S/C7H7FN2O2/c1-12-5-3-2-4(7(9)11)6(8)10-5/h2-3H,1H3,(H2,9,11). The van der Waals surface area contributed by atoms with Crippen molar-refractivity contribution < 1.29 is 13.9 Å². The Kier molecular flexibility index (Phi) is 2.23. The van der Waals surface area contributed by atoms with Crippen LogP contribution in [-0.4, -0.2) is 18.0 Å². The fraction of sp³-hybridized carbons (Fsp3) is 0.143. The highest BCUT2D eigenvalue weighted by Crippen LogP contribution is 2.10. The van der Waals surface area contributed by atoms with E-state index in [0.717, 1.165) is 0 Å². The average molecular weight is 170 g/mol. The first-order chi connectivity index (χ1) is 5.65. The molecule has 0 atom stereocenters. The largest absolute Gasteiger partial charge is 0.481 e. The van der Waals surface area contributed by atoms with E-state index in [9.17, 15) is 9.18 Å². The van der Waals surface area contributed by atoms with Gasteiger partial charge in [-0.25, -0.2) is 0 Å². The molecule has 0 bridgehead atoms. The van der Waals surface area contributed by atoms with Crippen molar-refractivity contribution in [3.63, 3.8) is 0 Å². The van der Waals surface area contributed by atoms with Crippen LogP contribution in [0.4, 0.5) is 4.39 Å². The summed E-state index contributed by atoms with van der Waals surface area (Å²) >= 11 is 0. The van der Waals surface area contributed by atoms with Crippen molar-refractivity contribution in [2.24, 2.45) is 5.73 Å². The van der Waals surface area contributed by atoms with Crippen molar-refractivity contribution in [3.05, 3.63) is 23.6 Å². The Bertz CT molecular complexity index is 314. The van der Waals surface area contributed by atoms with Gasteiger partial charge in [-0.1, -0.05) is 0 Å². The monoisotopic (exact) mass is 170 g/mol. The lowest BCUT2D eigenvalue weighted by atomic mass is 10.3. The Hall–Kier alpha value is -1.65. The predicted molar refractivity (Wildman–Crippen MR) is 39.3 cm³/mol. The molecule has 0 unspecified atom stereocenters. The summed E-state index contributed by atoms with van der Waals surface area (Å²) < 4.78 is 17.4. The molecule has 4 nitrogen and oxygen atoms in total. The van der Waals surface area contributed by atoms with Crippen LogP contribution >= 0.6 is 0 Å². The molecule has 0 spiro atoms. The van der Waals surface area contributed by atoms with Gasteiger partial charge in [0.2, 0.25) is 11.8 Å². The van der Waals surface area contributed by atoms with E-state index in [-0.39, 0.29) is 11.4 Å². The molecule has 0 aliphatic carbocycles. The van der Waals surface area contributed by atoms with Crippen LogP contribution in [0.5, 0.6) is 5.88 Å². The summed E-state index contributed by atoms with van der Waals surface area (Å²) in [7, 11) is 1.35. The number of amides is 1. The van der Waals surface area contributed by atoms with Gasteiger partial charge in [0.05, 0.1) is 12.7 Å². The third-order valence-corrected chi connectivity index (χ3v) is 1.30. The number of hydrogen-bond donors (Lipinski definition) is 1. The molecule has 0 saturated heterocycles. The van der Waals surface area contributed by atoms with E-state index in [1.807, 2.05) is 0 Å². The van der Waals surface area contributed by atoms with Gasteiger partial charge in [0.1, 0.15) is 0 Å². The molecule has 0 saturated carbocycles. The first kappa shape index (κ1) is 8.45. The Morgan fingerprint density at radius 2 is 2.33 bits per heavy atom. The number of halogens is 1. The number of carbonyl (C=O) groups is 1. The summed E-state index contributed by atoms with van der Waals surface area (Å²) in [5.41, 5.74) is 4.61. The molecule has 1 rings (SSSR count). The van der Waals surface area contributed by atoms with Gasteiger partial charge < -0.3 is 10.5 Å². The Morgan fingerprint density at radius 1 is 1.67 bits per heavy atom. The Labute approximate surface area is 68.2 Å². The lowest BCUT2D eigenvalue weighted by molar-refractivity contribution is 0.0995. The lowest BCUT2D eigenvalue weighted by Gasteiger charge is -2.00. The van der Waals surface area contributed by atoms with Gasteiger partial charge in [0, 0.05) is 6.07 Å². The van der Waals surface area contributed by atoms with Crippen molar-refractivity contribution in [3.8, 4) is 5.88 Å². The van der Waals surface area contributed by atoms with E-state index in [4.69, 9.17) is 5.73 Å². The van der Waals surface area contributed by atoms with Gasteiger partial charge >= 0.3 is 0 Å². The third kappa shape index (κ3) is 1.50. The molecule has 0 aliphatic rings. The van der Waals surface area contributed by atoms with Crippen molar-refractivity contribution in [1.82, 2.24) is 4.98 Å². The smallest absolute Gasteiger partial charge is 0.253 e. The zero-order chi connectivity index (χ0) is 9.14.